The summed E-state index contributed by atoms with van der Waals surface area (Å²) in [6.07, 6.45) is 0. The lowest BCUT2D eigenvalue weighted by atomic mass is 10.1. The Morgan fingerprint density at radius 2 is 1.62 bits per heavy atom. The van der Waals surface area contributed by atoms with Gasteiger partial charge < -0.3 is 34.6 Å². The molecule has 39 heavy (non-hydrogen) atoms. The summed E-state index contributed by atoms with van der Waals surface area (Å²) in [7, 11) is 0. The van der Waals surface area contributed by atoms with E-state index in [1.54, 1.807) is 30.3 Å². The number of benzene rings is 2. The minimum Gasteiger partial charge on any atom is -0.457 e. The van der Waals surface area contributed by atoms with E-state index in [2.05, 4.69) is 27.4 Å². The highest BCUT2D eigenvalue weighted by Crippen LogP contribution is 2.26. The van der Waals surface area contributed by atoms with Crippen molar-refractivity contribution in [1.82, 2.24) is 15.0 Å². The number of urea groups is 1. The average Bonchev–Trinajstić information content (AvgIpc) is 3.33. The van der Waals surface area contributed by atoms with Gasteiger partial charge in [-0.05, 0) is 49.4 Å². The lowest BCUT2D eigenvalue weighted by molar-refractivity contribution is 0.0535. The number of rotatable bonds is 5. The molecule has 2 amide bonds. The van der Waals surface area contributed by atoms with Crippen molar-refractivity contribution in [2.75, 3.05) is 66.5 Å². The molecule has 3 aromatic rings. The predicted octanol–water partition coefficient (Wildman–Crippen LogP) is 2.91. The van der Waals surface area contributed by atoms with E-state index in [-0.39, 0.29) is 18.6 Å². The molecule has 202 valence electrons. The number of carbonyl (C=O) groups excluding carboxylic acids is 2. The van der Waals surface area contributed by atoms with Crippen molar-refractivity contribution < 1.29 is 23.8 Å². The van der Waals surface area contributed by atoms with Crippen molar-refractivity contribution in [1.29, 1.82) is 0 Å². The zero-order valence-electron chi connectivity index (χ0n) is 21.6. The molecule has 2 saturated heterocycles. The Bertz CT molecular complexity index is 1380. The molecule has 0 spiro atoms. The number of nitrogens with zero attached hydrogens (tertiary/aromatic N) is 5. The first-order chi connectivity index (χ1) is 19.0. The average molecular weight is 532 g/mol. The summed E-state index contributed by atoms with van der Waals surface area (Å²) in [6.45, 7) is 6.95. The van der Waals surface area contributed by atoms with Crippen LogP contribution in [0.3, 0.4) is 0 Å². The largest absolute Gasteiger partial charge is 0.457 e. The van der Waals surface area contributed by atoms with Crippen molar-refractivity contribution in [2.45, 2.75) is 19.6 Å². The third kappa shape index (κ3) is 5.47. The van der Waals surface area contributed by atoms with Gasteiger partial charge in [0, 0.05) is 42.1 Å². The molecular weight excluding hydrogens is 502 g/mol. The number of aromatic nitrogens is 3. The molecule has 0 saturated carbocycles. The maximum Gasteiger partial charge on any atom is 0.338 e. The van der Waals surface area contributed by atoms with Gasteiger partial charge in [-0.25, -0.2) is 9.59 Å². The molecule has 0 aliphatic carbocycles. The molecule has 12 heteroatoms. The summed E-state index contributed by atoms with van der Waals surface area (Å²) in [5.41, 5.74) is 3.27. The van der Waals surface area contributed by atoms with Crippen molar-refractivity contribution in [2.24, 2.45) is 0 Å². The normalized spacial score (nSPS) is 18.9. The number of ether oxygens (including phenoxy) is 3. The molecular formula is C27H29N7O5. The number of hydrogen-bond donors (Lipinski definition) is 2. The summed E-state index contributed by atoms with van der Waals surface area (Å²) in [5, 5.41) is 5.62. The summed E-state index contributed by atoms with van der Waals surface area (Å²) in [5.74, 6) is 1.47. The number of fused-ring (bicyclic) bond motifs is 1. The Hall–Kier alpha value is -4.29. The van der Waals surface area contributed by atoms with Gasteiger partial charge in [0.1, 0.15) is 6.61 Å². The molecule has 6 rings (SSSR count). The molecule has 3 aliphatic rings. The molecule has 2 N–H and O–H groups in total. The van der Waals surface area contributed by atoms with E-state index in [0.29, 0.717) is 80.7 Å². The van der Waals surface area contributed by atoms with Crippen LogP contribution in [-0.4, -0.2) is 79.1 Å². The Kier molecular flexibility index (Phi) is 6.95. The van der Waals surface area contributed by atoms with Crippen LogP contribution in [0.1, 0.15) is 22.8 Å². The molecule has 4 heterocycles. The molecule has 2 fully saturated rings. The van der Waals surface area contributed by atoms with Crippen LogP contribution in [0.4, 0.5) is 28.1 Å². The van der Waals surface area contributed by atoms with Crippen LogP contribution in [0.5, 0.6) is 0 Å². The zero-order valence-corrected chi connectivity index (χ0v) is 21.6. The lowest BCUT2D eigenvalue weighted by Crippen LogP contribution is -2.45. The molecule has 3 aliphatic heterocycles. The van der Waals surface area contributed by atoms with Crippen LogP contribution < -0.4 is 20.4 Å². The second-order valence-corrected chi connectivity index (χ2v) is 9.58. The topological polar surface area (TPSA) is 131 Å². The number of anilines is 4. The second-order valence-electron chi connectivity index (χ2n) is 9.58. The van der Waals surface area contributed by atoms with Crippen LogP contribution in [-0.2, 0) is 20.8 Å². The lowest BCUT2D eigenvalue weighted by Gasteiger charge is -2.34. The molecule has 1 atom stereocenters. The molecule has 1 unspecified atom stereocenters. The summed E-state index contributed by atoms with van der Waals surface area (Å²) >= 11 is 0. The first-order valence-electron chi connectivity index (χ1n) is 13.0. The summed E-state index contributed by atoms with van der Waals surface area (Å²) in [6, 6.07) is 12.2. The van der Waals surface area contributed by atoms with Gasteiger partial charge in [-0.1, -0.05) is 0 Å². The van der Waals surface area contributed by atoms with Gasteiger partial charge in [-0.2, -0.15) is 15.0 Å². The standard InChI is InChI=1S/C27H29N7O5/c1-17-15-38-13-10-34(17)26-31-23(30-25(32-26)33-8-11-37-12-9-33)18-2-4-20(5-3-18)28-27(36)29-21-6-7-22-19(14-21)16-39-24(22)35/h2-7,14,17H,8-13,15-16H2,1H3,(H2,28,29,36). The fraction of sp³-hybridized carbons (Fsp3) is 0.370. The second kappa shape index (κ2) is 10.8. The zero-order chi connectivity index (χ0) is 26.8. The number of hydrogen-bond acceptors (Lipinski definition) is 10. The van der Waals surface area contributed by atoms with E-state index in [0.717, 1.165) is 11.1 Å². The first kappa shape index (κ1) is 25.0. The van der Waals surface area contributed by atoms with Crippen LogP contribution in [0, 0.1) is 0 Å². The summed E-state index contributed by atoms with van der Waals surface area (Å²) in [4.78, 5) is 42.9. The maximum atomic E-state index is 12.6. The van der Waals surface area contributed by atoms with Crippen molar-refractivity contribution >= 4 is 35.3 Å². The smallest absolute Gasteiger partial charge is 0.338 e. The van der Waals surface area contributed by atoms with Gasteiger partial charge >= 0.3 is 12.0 Å². The minimum absolute atomic E-state index is 0.148. The first-order valence-corrected chi connectivity index (χ1v) is 13.0. The van der Waals surface area contributed by atoms with E-state index < -0.39 is 6.03 Å². The Morgan fingerprint density at radius 1 is 0.897 bits per heavy atom. The van der Waals surface area contributed by atoms with Crippen LogP contribution in [0.15, 0.2) is 42.5 Å². The van der Waals surface area contributed by atoms with Crippen LogP contribution >= 0.6 is 0 Å². The number of esters is 1. The number of morpholine rings is 2. The summed E-state index contributed by atoms with van der Waals surface area (Å²) < 4.78 is 16.1. The van der Waals surface area contributed by atoms with Crippen molar-refractivity contribution in [3.05, 3.63) is 53.6 Å². The Morgan fingerprint density at radius 3 is 2.41 bits per heavy atom. The fourth-order valence-electron chi connectivity index (χ4n) is 4.75. The molecule has 0 radical (unpaired) electrons. The molecule has 2 aromatic carbocycles. The van der Waals surface area contributed by atoms with Gasteiger partial charge in [0.05, 0.1) is 38.0 Å². The molecule has 1 aromatic heterocycles. The minimum atomic E-state index is -0.397. The van der Waals surface area contributed by atoms with Crippen molar-refractivity contribution in [3.8, 4) is 11.4 Å². The predicted molar refractivity (Wildman–Crippen MR) is 144 cm³/mol. The third-order valence-electron chi connectivity index (χ3n) is 6.87. The van der Waals surface area contributed by atoms with E-state index in [9.17, 15) is 9.59 Å². The highest BCUT2D eigenvalue weighted by atomic mass is 16.5. The third-order valence-corrected chi connectivity index (χ3v) is 6.87. The highest BCUT2D eigenvalue weighted by molar-refractivity contribution is 6.01. The highest BCUT2D eigenvalue weighted by Gasteiger charge is 2.25. The van der Waals surface area contributed by atoms with Gasteiger partial charge in [-0.3, -0.25) is 0 Å². The van der Waals surface area contributed by atoms with Crippen LogP contribution in [0.25, 0.3) is 11.4 Å². The van der Waals surface area contributed by atoms with E-state index in [1.807, 2.05) is 12.1 Å². The number of nitrogens with one attached hydrogen (secondary N) is 2. The van der Waals surface area contributed by atoms with E-state index >= 15 is 0 Å². The van der Waals surface area contributed by atoms with Gasteiger partial charge in [0.25, 0.3) is 0 Å². The van der Waals surface area contributed by atoms with E-state index in [4.69, 9.17) is 29.2 Å². The molecule has 0 bridgehead atoms. The van der Waals surface area contributed by atoms with Crippen molar-refractivity contribution in [3.63, 3.8) is 0 Å². The monoisotopic (exact) mass is 531 g/mol. The van der Waals surface area contributed by atoms with E-state index in [1.165, 1.54) is 0 Å². The van der Waals surface area contributed by atoms with Gasteiger partial charge in [0.15, 0.2) is 5.82 Å². The quantitative estimate of drug-likeness (QED) is 0.474. The number of cyclic esters (lactones) is 1. The number of carbonyl (C=O) groups is 2. The van der Waals surface area contributed by atoms with Gasteiger partial charge in [0.2, 0.25) is 11.9 Å². The SMILES string of the molecule is CC1COCCN1c1nc(-c2ccc(NC(=O)Nc3ccc4c(c3)COC4=O)cc2)nc(N2CCOCC2)n1. The fourth-order valence-corrected chi connectivity index (χ4v) is 4.75. The Labute approximate surface area is 225 Å². The number of amides is 2. The Balaban J connectivity index is 1.19. The maximum absolute atomic E-state index is 12.6. The molecule has 12 nitrogen and oxygen atoms in total. The van der Waals surface area contributed by atoms with Gasteiger partial charge in [-0.15, -0.1) is 0 Å². The van der Waals surface area contributed by atoms with Crippen LogP contribution in [0.2, 0.25) is 0 Å².